The van der Waals surface area contributed by atoms with Crippen LogP contribution in [0.3, 0.4) is 0 Å². The molecule has 0 N–H and O–H groups in total. The summed E-state index contributed by atoms with van der Waals surface area (Å²) in [5, 5.41) is 0. The molecule has 0 amide bonds. The summed E-state index contributed by atoms with van der Waals surface area (Å²) >= 11 is 0. The van der Waals surface area contributed by atoms with Crippen LogP contribution in [0.2, 0.25) is 0 Å². The Morgan fingerprint density at radius 2 is 1.36 bits per heavy atom. The van der Waals surface area contributed by atoms with Gasteiger partial charge < -0.3 is 4.74 Å². The minimum atomic E-state index is -0.0292. The van der Waals surface area contributed by atoms with Crippen molar-refractivity contribution in [2.45, 2.75) is 125 Å². The number of carbonyl (C=O) groups excluding carboxylic acids is 1. The first-order valence-corrected chi connectivity index (χ1v) is 11.5. The first-order chi connectivity index (χ1) is 13.3. The molecule has 0 aliphatic heterocycles. The van der Waals surface area contributed by atoms with Gasteiger partial charge in [0.15, 0.2) is 0 Å². The van der Waals surface area contributed by atoms with E-state index in [0.717, 1.165) is 51.4 Å². The Morgan fingerprint density at radius 3 is 1.96 bits per heavy atom. The summed E-state index contributed by atoms with van der Waals surface area (Å²) in [6, 6.07) is 0. The lowest BCUT2D eigenvalue weighted by Crippen LogP contribution is -2.14. The molecule has 28 heavy (non-hydrogen) atoms. The van der Waals surface area contributed by atoms with Gasteiger partial charge >= 0.3 is 5.97 Å². The Bertz CT molecular complexity index is 493. The zero-order valence-corrected chi connectivity index (χ0v) is 19.6. The lowest BCUT2D eigenvalue weighted by Gasteiger charge is -2.12. The quantitative estimate of drug-likeness (QED) is 0.150. The molecule has 0 fully saturated rings. The number of hydrogen-bond donors (Lipinski definition) is 0. The second-order valence-electron chi connectivity index (χ2n) is 8.50. The van der Waals surface area contributed by atoms with E-state index >= 15 is 0 Å². The molecule has 0 rings (SSSR count). The van der Waals surface area contributed by atoms with Crippen molar-refractivity contribution in [2.24, 2.45) is 0 Å². The van der Waals surface area contributed by atoms with Crippen LogP contribution in [0.25, 0.3) is 0 Å². The molecule has 1 unspecified atom stereocenters. The molecule has 0 heterocycles. The van der Waals surface area contributed by atoms with E-state index in [0.29, 0.717) is 6.42 Å². The topological polar surface area (TPSA) is 26.3 Å². The van der Waals surface area contributed by atoms with E-state index in [1.165, 1.54) is 36.0 Å². The van der Waals surface area contributed by atoms with Gasteiger partial charge in [-0.3, -0.25) is 4.79 Å². The molecule has 0 spiro atoms. The van der Waals surface area contributed by atoms with E-state index in [-0.39, 0.29) is 12.1 Å². The van der Waals surface area contributed by atoms with Crippen molar-refractivity contribution in [1.82, 2.24) is 0 Å². The van der Waals surface area contributed by atoms with Crippen molar-refractivity contribution in [3.05, 3.63) is 34.9 Å². The molecule has 0 bridgehead atoms. The molecule has 0 aliphatic carbocycles. The summed E-state index contributed by atoms with van der Waals surface area (Å²) in [6.07, 6.45) is 19.9. The first kappa shape index (κ1) is 26.7. The molecule has 2 nitrogen and oxygen atoms in total. The van der Waals surface area contributed by atoms with Gasteiger partial charge in [0.1, 0.15) is 0 Å². The standard InChI is InChI=1S/C26H46O2/c1-7-8-9-10-11-21-26(27)28-25(6)20-14-19-24(5)18-13-17-23(4)16-12-15-22(2)3/h15,17,19,25H,7-14,16,18,20-21H2,1-6H3/b23-17+,24-19+. The van der Waals surface area contributed by atoms with Crippen LogP contribution in [-0.4, -0.2) is 12.1 Å². The number of ether oxygens (including phenoxy) is 1. The van der Waals surface area contributed by atoms with Crippen molar-refractivity contribution < 1.29 is 9.53 Å². The lowest BCUT2D eigenvalue weighted by atomic mass is 10.1. The molecule has 0 aromatic carbocycles. The van der Waals surface area contributed by atoms with Gasteiger partial charge in [0.25, 0.3) is 0 Å². The molecule has 0 radical (unpaired) electrons. The van der Waals surface area contributed by atoms with Crippen molar-refractivity contribution >= 4 is 5.97 Å². The van der Waals surface area contributed by atoms with Gasteiger partial charge in [0, 0.05) is 6.42 Å². The average molecular weight is 391 g/mol. The molecule has 2 heteroatoms. The number of rotatable bonds is 16. The van der Waals surface area contributed by atoms with E-state index in [1.54, 1.807) is 0 Å². The molecular weight excluding hydrogens is 344 g/mol. The van der Waals surface area contributed by atoms with Gasteiger partial charge in [-0.15, -0.1) is 0 Å². The third-order valence-corrected chi connectivity index (χ3v) is 5.01. The molecule has 1 atom stereocenters. The fourth-order valence-corrected chi connectivity index (χ4v) is 3.12. The third kappa shape index (κ3) is 18.1. The summed E-state index contributed by atoms with van der Waals surface area (Å²) < 4.78 is 5.52. The number of carbonyl (C=O) groups is 1. The van der Waals surface area contributed by atoms with Crippen LogP contribution in [-0.2, 0) is 9.53 Å². The van der Waals surface area contributed by atoms with Crippen LogP contribution < -0.4 is 0 Å². The van der Waals surface area contributed by atoms with Crippen LogP contribution in [0.1, 0.15) is 119 Å². The SMILES string of the molecule is CCCCCCCC(=O)OC(C)CC/C=C(\C)CC/C=C(\C)CCC=C(C)C. The van der Waals surface area contributed by atoms with Gasteiger partial charge in [-0.2, -0.15) is 0 Å². The molecular formula is C26H46O2. The van der Waals surface area contributed by atoms with Crippen molar-refractivity contribution in [3.8, 4) is 0 Å². The van der Waals surface area contributed by atoms with E-state index in [4.69, 9.17) is 4.74 Å². The van der Waals surface area contributed by atoms with Crippen LogP contribution >= 0.6 is 0 Å². The maximum atomic E-state index is 11.9. The highest BCUT2D eigenvalue weighted by atomic mass is 16.5. The van der Waals surface area contributed by atoms with Crippen molar-refractivity contribution in [2.75, 3.05) is 0 Å². The van der Waals surface area contributed by atoms with Crippen LogP contribution in [0, 0.1) is 0 Å². The van der Waals surface area contributed by atoms with Crippen LogP contribution in [0.4, 0.5) is 0 Å². The monoisotopic (exact) mass is 390 g/mol. The largest absolute Gasteiger partial charge is 0.463 e. The zero-order chi connectivity index (χ0) is 21.2. The fraction of sp³-hybridized carbons (Fsp3) is 0.731. The third-order valence-electron chi connectivity index (χ3n) is 5.01. The number of allylic oxidation sites excluding steroid dienone is 6. The van der Waals surface area contributed by atoms with E-state index < -0.39 is 0 Å². The highest BCUT2D eigenvalue weighted by molar-refractivity contribution is 5.69. The smallest absolute Gasteiger partial charge is 0.306 e. The van der Waals surface area contributed by atoms with E-state index in [1.807, 2.05) is 6.92 Å². The molecule has 0 saturated heterocycles. The number of hydrogen-bond acceptors (Lipinski definition) is 2. The molecule has 0 aliphatic rings. The summed E-state index contributed by atoms with van der Waals surface area (Å²) in [7, 11) is 0. The Morgan fingerprint density at radius 1 is 0.786 bits per heavy atom. The molecule has 162 valence electrons. The summed E-state index contributed by atoms with van der Waals surface area (Å²) in [5.74, 6) is -0.0292. The van der Waals surface area contributed by atoms with Gasteiger partial charge in [-0.1, -0.05) is 67.6 Å². The minimum absolute atomic E-state index is 0.0180. The Balaban J connectivity index is 3.88. The van der Waals surface area contributed by atoms with Gasteiger partial charge in [0.2, 0.25) is 0 Å². The van der Waals surface area contributed by atoms with Crippen LogP contribution in [0.5, 0.6) is 0 Å². The van der Waals surface area contributed by atoms with E-state index in [9.17, 15) is 4.79 Å². The van der Waals surface area contributed by atoms with Gasteiger partial charge in [0.05, 0.1) is 6.10 Å². The normalized spacial score (nSPS) is 13.4. The van der Waals surface area contributed by atoms with Crippen LogP contribution in [0.15, 0.2) is 34.9 Å². The summed E-state index contributed by atoms with van der Waals surface area (Å²) in [6.45, 7) is 13.0. The zero-order valence-electron chi connectivity index (χ0n) is 19.6. The molecule has 0 aromatic heterocycles. The van der Waals surface area contributed by atoms with Crippen molar-refractivity contribution in [1.29, 1.82) is 0 Å². The molecule has 0 saturated carbocycles. The predicted molar refractivity (Wildman–Crippen MR) is 124 cm³/mol. The minimum Gasteiger partial charge on any atom is -0.463 e. The Hall–Kier alpha value is -1.31. The second-order valence-corrected chi connectivity index (χ2v) is 8.50. The first-order valence-electron chi connectivity index (χ1n) is 11.5. The summed E-state index contributed by atoms with van der Waals surface area (Å²) in [4.78, 5) is 11.9. The fourth-order valence-electron chi connectivity index (χ4n) is 3.12. The van der Waals surface area contributed by atoms with Gasteiger partial charge in [-0.05, 0) is 79.6 Å². The lowest BCUT2D eigenvalue weighted by molar-refractivity contribution is -0.148. The van der Waals surface area contributed by atoms with E-state index in [2.05, 4.69) is 52.8 Å². The average Bonchev–Trinajstić information content (AvgIpc) is 2.61. The second kappa shape index (κ2) is 17.8. The number of esters is 1. The maximum Gasteiger partial charge on any atom is 0.306 e. The molecule has 0 aromatic rings. The predicted octanol–water partition coefficient (Wildman–Crippen LogP) is 8.48. The van der Waals surface area contributed by atoms with Gasteiger partial charge in [-0.25, -0.2) is 0 Å². The highest BCUT2D eigenvalue weighted by Crippen LogP contribution is 2.13. The Labute approximate surface area is 175 Å². The highest BCUT2D eigenvalue weighted by Gasteiger charge is 2.08. The summed E-state index contributed by atoms with van der Waals surface area (Å²) in [5.41, 5.74) is 4.32. The number of unbranched alkanes of at least 4 members (excludes halogenated alkanes) is 4. The maximum absolute atomic E-state index is 11.9. The Kier molecular flexibility index (Phi) is 16.9. The van der Waals surface area contributed by atoms with Crippen molar-refractivity contribution in [3.63, 3.8) is 0 Å².